The van der Waals surface area contributed by atoms with Crippen molar-refractivity contribution in [3.8, 4) is 0 Å². The molecule has 0 aliphatic heterocycles. The van der Waals surface area contributed by atoms with Gasteiger partial charge in [0.15, 0.2) is 0 Å². The van der Waals surface area contributed by atoms with Gasteiger partial charge in [-0.15, -0.1) is 23.1 Å². The highest BCUT2D eigenvalue weighted by molar-refractivity contribution is 8.01. The van der Waals surface area contributed by atoms with E-state index < -0.39 is 5.97 Å². The van der Waals surface area contributed by atoms with Crippen LogP contribution < -0.4 is 0 Å². The lowest BCUT2D eigenvalue weighted by Gasteiger charge is -1.89. The first-order chi connectivity index (χ1) is 6.75. The summed E-state index contributed by atoms with van der Waals surface area (Å²) in [6.45, 7) is 0. The molecule has 14 heavy (non-hydrogen) atoms. The molecule has 0 aliphatic carbocycles. The first-order valence-electron chi connectivity index (χ1n) is 4.09. The average Bonchev–Trinajstić information content (AvgIpc) is 2.57. The summed E-state index contributed by atoms with van der Waals surface area (Å²) in [5, 5.41) is 9.72. The Balaban J connectivity index is 2.22. The molecule has 72 valence electrons. The van der Waals surface area contributed by atoms with Crippen LogP contribution in [0.15, 0.2) is 34.5 Å². The van der Waals surface area contributed by atoms with E-state index in [-0.39, 0.29) is 5.75 Å². The zero-order valence-corrected chi connectivity index (χ0v) is 8.90. The molecule has 1 aromatic heterocycles. The van der Waals surface area contributed by atoms with Crippen LogP contribution >= 0.6 is 23.1 Å². The van der Waals surface area contributed by atoms with Gasteiger partial charge in [-0.2, -0.15) is 0 Å². The Kier molecular flexibility index (Phi) is 2.74. The van der Waals surface area contributed by atoms with Crippen LogP contribution in [-0.2, 0) is 4.79 Å². The number of fused-ring (bicyclic) bond motifs is 1. The predicted octanol–water partition coefficient (Wildman–Crippen LogP) is 3.08. The van der Waals surface area contributed by atoms with E-state index >= 15 is 0 Å². The number of carboxylic acid groups (broad SMARTS) is 1. The summed E-state index contributed by atoms with van der Waals surface area (Å²) < 4.78 is 2.27. The largest absolute Gasteiger partial charge is 0.481 e. The summed E-state index contributed by atoms with van der Waals surface area (Å²) in [5.41, 5.74) is 0. The molecule has 2 aromatic rings. The zero-order chi connectivity index (χ0) is 9.97. The summed E-state index contributed by atoms with van der Waals surface area (Å²) in [6.07, 6.45) is 0. The topological polar surface area (TPSA) is 37.3 Å². The summed E-state index contributed by atoms with van der Waals surface area (Å²) in [4.78, 5) is 10.4. The first kappa shape index (κ1) is 9.55. The van der Waals surface area contributed by atoms with Crippen LogP contribution in [0.5, 0.6) is 0 Å². The monoisotopic (exact) mass is 224 g/mol. The Morgan fingerprint density at radius 2 is 2.21 bits per heavy atom. The minimum Gasteiger partial charge on any atom is -0.481 e. The molecule has 0 atom stereocenters. The quantitative estimate of drug-likeness (QED) is 0.814. The second-order valence-electron chi connectivity index (χ2n) is 2.79. The first-order valence-corrected chi connectivity index (χ1v) is 5.89. The maximum atomic E-state index is 10.4. The van der Waals surface area contributed by atoms with Crippen LogP contribution in [0.1, 0.15) is 0 Å². The van der Waals surface area contributed by atoms with Gasteiger partial charge in [-0.1, -0.05) is 18.2 Å². The zero-order valence-electron chi connectivity index (χ0n) is 7.27. The third-order valence-electron chi connectivity index (χ3n) is 1.74. The van der Waals surface area contributed by atoms with Crippen LogP contribution in [0, 0.1) is 0 Å². The van der Waals surface area contributed by atoms with Crippen molar-refractivity contribution >= 4 is 39.2 Å². The smallest absolute Gasteiger partial charge is 0.313 e. The van der Waals surface area contributed by atoms with Gasteiger partial charge in [0.2, 0.25) is 0 Å². The Labute approximate surface area is 89.6 Å². The van der Waals surface area contributed by atoms with E-state index in [1.165, 1.54) is 21.8 Å². The third-order valence-corrected chi connectivity index (χ3v) is 4.05. The molecule has 1 heterocycles. The van der Waals surface area contributed by atoms with Crippen molar-refractivity contribution < 1.29 is 9.90 Å². The molecule has 1 N–H and O–H groups in total. The van der Waals surface area contributed by atoms with Gasteiger partial charge in [-0.3, -0.25) is 4.79 Å². The van der Waals surface area contributed by atoms with Crippen molar-refractivity contribution in [1.82, 2.24) is 0 Å². The van der Waals surface area contributed by atoms with Gasteiger partial charge < -0.3 is 5.11 Å². The maximum absolute atomic E-state index is 10.4. The molecule has 0 fully saturated rings. The number of carboxylic acids is 1. The normalized spacial score (nSPS) is 10.6. The van der Waals surface area contributed by atoms with Gasteiger partial charge in [-0.25, -0.2) is 0 Å². The van der Waals surface area contributed by atoms with E-state index in [1.807, 2.05) is 30.3 Å². The van der Waals surface area contributed by atoms with Crippen molar-refractivity contribution in [3.63, 3.8) is 0 Å². The lowest BCUT2D eigenvalue weighted by Crippen LogP contribution is -1.96. The highest BCUT2D eigenvalue weighted by Crippen LogP contribution is 2.32. The molecule has 2 rings (SSSR count). The van der Waals surface area contributed by atoms with Crippen LogP contribution in [0.3, 0.4) is 0 Å². The van der Waals surface area contributed by atoms with Crippen molar-refractivity contribution in [2.45, 2.75) is 4.21 Å². The van der Waals surface area contributed by atoms with Crippen LogP contribution in [0.4, 0.5) is 0 Å². The maximum Gasteiger partial charge on any atom is 0.313 e. The van der Waals surface area contributed by atoms with Gasteiger partial charge in [0.1, 0.15) is 0 Å². The Morgan fingerprint density at radius 3 is 2.93 bits per heavy atom. The Hall–Kier alpha value is -1.00. The number of hydrogen-bond donors (Lipinski definition) is 1. The number of aliphatic carboxylic acids is 1. The number of thiophene rings is 1. The molecular formula is C10H8O2S2. The summed E-state index contributed by atoms with van der Waals surface area (Å²) in [6, 6.07) is 10.1. The van der Waals surface area contributed by atoms with E-state index in [9.17, 15) is 4.79 Å². The van der Waals surface area contributed by atoms with E-state index in [0.29, 0.717) is 0 Å². The fraction of sp³-hybridized carbons (Fsp3) is 0.100. The predicted molar refractivity (Wildman–Crippen MR) is 60.2 cm³/mol. The number of hydrogen-bond acceptors (Lipinski definition) is 3. The van der Waals surface area contributed by atoms with E-state index in [4.69, 9.17) is 5.11 Å². The number of rotatable bonds is 3. The van der Waals surface area contributed by atoms with Crippen molar-refractivity contribution in [2.24, 2.45) is 0 Å². The number of benzene rings is 1. The molecule has 0 spiro atoms. The number of carbonyl (C=O) groups is 1. The van der Waals surface area contributed by atoms with E-state index in [2.05, 4.69) is 0 Å². The Bertz CT molecular complexity index is 429. The fourth-order valence-electron chi connectivity index (χ4n) is 1.16. The Morgan fingerprint density at radius 1 is 1.43 bits per heavy atom. The van der Waals surface area contributed by atoms with Gasteiger partial charge in [0, 0.05) is 4.70 Å². The second-order valence-corrected chi connectivity index (χ2v) is 5.15. The van der Waals surface area contributed by atoms with Crippen LogP contribution in [0.25, 0.3) is 10.1 Å². The molecule has 2 nitrogen and oxygen atoms in total. The van der Waals surface area contributed by atoms with Crippen molar-refractivity contribution in [1.29, 1.82) is 0 Å². The molecule has 0 unspecified atom stereocenters. The minimum atomic E-state index is -0.771. The lowest BCUT2D eigenvalue weighted by molar-refractivity contribution is -0.133. The van der Waals surface area contributed by atoms with Crippen LogP contribution in [0.2, 0.25) is 0 Å². The molecule has 0 saturated carbocycles. The molecule has 0 amide bonds. The van der Waals surface area contributed by atoms with Gasteiger partial charge in [0.05, 0.1) is 9.96 Å². The summed E-state index contributed by atoms with van der Waals surface area (Å²) >= 11 is 3.01. The van der Waals surface area contributed by atoms with Crippen molar-refractivity contribution in [3.05, 3.63) is 30.3 Å². The highest BCUT2D eigenvalue weighted by Gasteiger charge is 2.03. The molecule has 4 heteroatoms. The molecule has 0 saturated heterocycles. The van der Waals surface area contributed by atoms with E-state index in [1.54, 1.807) is 11.3 Å². The standard InChI is InChI=1S/C10H8O2S2/c11-9(12)6-13-10-5-7-3-1-2-4-8(7)14-10/h1-5H,6H2,(H,11,12). The molecule has 0 bridgehead atoms. The van der Waals surface area contributed by atoms with Gasteiger partial charge >= 0.3 is 5.97 Å². The van der Waals surface area contributed by atoms with Gasteiger partial charge in [0.25, 0.3) is 0 Å². The summed E-state index contributed by atoms with van der Waals surface area (Å²) in [5.74, 6) is -0.639. The fourth-order valence-corrected chi connectivity index (χ4v) is 3.11. The van der Waals surface area contributed by atoms with Gasteiger partial charge in [-0.05, 0) is 17.5 Å². The second kappa shape index (κ2) is 4.02. The highest BCUT2D eigenvalue weighted by atomic mass is 32.2. The van der Waals surface area contributed by atoms with Crippen molar-refractivity contribution in [2.75, 3.05) is 5.75 Å². The molecule has 0 aliphatic rings. The summed E-state index contributed by atoms with van der Waals surface area (Å²) in [7, 11) is 0. The molecule has 0 radical (unpaired) electrons. The minimum absolute atomic E-state index is 0.132. The lowest BCUT2D eigenvalue weighted by atomic mass is 10.3. The molecular weight excluding hydrogens is 216 g/mol. The third kappa shape index (κ3) is 2.08. The SMILES string of the molecule is O=C(O)CSc1cc2ccccc2s1. The average molecular weight is 224 g/mol. The molecule has 1 aromatic carbocycles. The number of thioether (sulfide) groups is 1. The van der Waals surface area contributed by atoms with Crippen LogP contribution in [-0.4, -0.2) is 16.8 Å². The van der Waals surface area contributed by atoms with E-state index in [0.717, 1.165) is 4.21 Å².